The van der Waals surface area contributed by atoms with Crippen molar-refractivity contribution in [2.45, 2.75) is 70.9 Å². The van der Waals surface area contributed by atoms with Gasteiger partial charge in [0.15, 0.2) is 5.78 Å². The van der Waals surface area contributed by atoms with Crippen LogP contribution >= 0.6 is 0 Å². The number of imidazole rings is 1. The molecule has 3 aromatic carbocycles. The Hall–Kier alpha value is -4.83. The average Bonchev–Trinajstić information content (AvgIpc) is 3.56. The SMILES string of the molecule is CCC(CC(Cc1cccc2ccccc12)C(=O)N[C@@H](CC(C)C)C(=NNC(N)=O)C(=O)[C@@H](N)Cc1cnc[nH]1)c1ccccc1. The van der Waals surface area contributed by atoms with Gasteiger partial charge in [-0.25, -0.2) is 15.2 Å². The molecule has 0 fully saturated rings. The van der Waals surface area contributed by atoms with Crippen molar-refractivity contribution in [3.63, 3.8) is 0 Å². The molecule has 10 heteroatoms. The molecule has 4 atom stereocenters. The third kappa shape index (κ3) is 9.34. The molecule has 0 aliphatic carbocycles. The predicted octanol–water partition coefficient (Wildman–Crippen LogP) is 5.00. The first-order valence-electron chi connectivity index (χ1n) is 15.9. The predicted molar refractivity (Wildman–Crippen MR) is 182 cm³/mol. The summed E-state index contributed by atoms with van der Waals surface area (Å²) in [4.78, 5) is 46.8. The van der Waals surface area contributed by atoms with Crippen LogP contribution in [0.15, 0.2) is 90.4 Å². The molecule has 242 valence electrons. The quantitative estimate of drug-likeness (QED) is 0.0873. The molecule has 10 nitrogen and oxygen atoms in total. The van der Waals surface area contributed by atoms with Crippen LogP contribution in [0.3, 0.4) is 0 Å². The number of hydrogen-bond acceptors (Lipinski definition) is 6. The summed E-state index contributed by atoms with van der Waals surface area (Å²) in [7, 11) is 0. The summed E-state index contributed by atoms with van der Waals surface area (Å²) in [5.41, 5.74) is 16.7. The van der Waals surface area contributed by atoms with Gasteiger partial charge in [0.2, 0.25) is 5.91 Å². The number of primary amides is 1. The number of benzene rings is 3. The largest absolute Gasteiger partial charge is 0.350 e. The number of fused-ring (bicyclic) bond motifs is 1. The van der Waals surface area contributed by atoms with E-state index in [9.17, 15) is 14.4 Å². The molecular weight excluding hydrogens is 578 g/mol. The molecule has 46 heavy (non-hydrogen) atoms. The minimum absolute atomic E-state index is 0.0492. The van der Waals surface area contributed by atoms with E-state index in [2.05, 4.69) is 69.1 Å². The van der Waals surface area contributed by atoms with Gasteiger partial charge in [-0.3, -0.25) is 9.59 Å². The summed E-state index contributed by atoms with van der Waals surface area (Å²) < 4.78 is 0. The summed E-state index contributed by atoms with van der Waals surface area (Å²) in [6, 6.07) is 21.8. The number of hydrogen-bond donors (Lipinski definition) is 5. The number of urea groups is 1. The van der Waals surface area contributed by atoms with Crippen LogP contribution in [0.4, 0.5) is 4.79 Å². The third-order valence-corrected chi connectivity index (χ3v) is 8.27. The summed E-state index contributed by atoms with van der Waals surface area (Å²) in [6.45, 7) is 6.11. The van der Waals surface area contributed by atoms with E-state index < -0.39 is 29.8 Å². The first-order chi connectivity index (χ1) is 22.2. The maximum atomic E-state index is 14.4. The van der Waals surface area contributed by atoms with Gasteiger partial charge in [-0.1, -0.05) is 93.6 Å². The first kappa shape index (κ1) is 34.1. The number of rotatable bonds is 16. The van der Waals surface area contributed by atoms with Crippen molar-refractivity contribution in [2.75, 3.05) is 0 Å². The summed E-state index contributed by atoms with van der Waals surface area (Å²) in [6.07, 6.45) is 5.63. The molecule has 4 rings (SSSR count). The smallest absolute Gasteiger partial charge is 0.332 e. The average molecular weight is 624 g/mol. The Morgan fingerprint density at radius 3 is 2.33 bits per heavy atom. The molecule has 2 unspecified atom stereocenters. The van der Waals surface area contributed by atoms with Crippen LogP contribution in [-0.4, -0.2) is 45.5 Å². The zero-order valence-electron chi connectivity index (χ0n) is 26.8. The number of H-pyrrole nitrogens is 1. The topological polar surface area (TPSA) is 168 Å². The molecule has 3 amide bonds. The molecule has 0 bridgehead atoms. The Kier molecular flexibility index (Phi) is 12.2. The highest BCUT2D eigenvalue weighted by atomic mass is 16.2. The Morgan fingerprint density at radius 2 is 1.65 bits per heavy atom. The van der Waals surface area contributed by atoms with E-state index in [1.165, 1.54) is 11.9 Å². The van der Waals surface area contributed by atoms with E-state index in [1.807, 2.05) is 50.2 Å². The van der Waals surface area contributed by atoms with E-state index >= 15 is 0 Å². The van der Waals surface area contributed by atoms with Gasteiger partial charge in [0, 0.05) is 24.2 Å². The number of carbonyl (C=O) groups excluding carboxylic acids is 3. The highest BCUT2D eigenvalue weighted by molar-refractivity contribution is 6.43. The number of nitrogens with one attached hydrogen (secondary N) is 3. The van der Waals surface area contributed by atoms with Crippen LogP contribution in [0.2, 0.25) is 0 Å². The lowest BCUT2D eigenvalue weighted by Crippen LogP contribution is -2.52. The van der Waals surface area contributed by atoms with Gasteiger partial charge >= 0.3 is 6.03 Å². The zero-order valence-corrected chi connectivity index (χ0v) is 26.8. The molecule has 4 aromatic rings. The second-order valence-corrected chi connectivity index (χ2v) is 12.2. The number of aromatic nitrogens is 2. The summed E-state index contributed by atoms with van der Waals surface area (Å²) >= 11 is 0. The molecule has 1 heterocycles. The Bertz CT molecular complexity index is 1610. The van der Waals surface area contributed by atoms with Crippen molar-refractivity contribution in [3.05, 3.63) is 102 Å². The number of nitrogens with two attached hydrogens (primary N) is 2. The fraction of sp³-hybridized carbons (Fsp3) is 0.361. The van der Waals surface area contributed by atoms with E-state index in [0.29, 0.717) is 25.0 Å². The van der Waals surface area contributed by atoms with Crippen molar-refractivity contribution >= 4 is 34.2 Å². The van der Waals surface area contributed by atoms with Gasteiger partial charge in [-0.2, -0.15) is 5.10 Å². The van der Waals surface area contributed by atoms with E-state index in [0.717, 1.165) is 22.8 Å². The highest BCUT2D eigenvalue weighted by Gasteiger charge is 2.33. The van der Waals surface area contributed by atoms with Gasteiger partial charge in [0.05, 0.1) is 18.4 Å². The van der Waals surface area contributed by atoms with Crippen LogP contribution in [0.1, 0.15) is 62.8 Å². The number of aromatic amines is 1. The lowest BCUT2D eigenvalue weighted by Gasteiger charge is -2.28. The summed E-state index contributed by atoms with van der Waals surface area (Å²) in [5.74, 6) is -0.912. The number of carbonyl (C=O) groups is 3. The Balaban J connectivity index is 1.68. The molecule has 0 aliphatic rings. The lowest BCUT2D eigenvalue weighted by atomic mass is 9.82. The van der Waals surface area contributed by atoms with Gasteiger partial charge in [0.25, 0.3) is 0 Å². The van der Waals surface area contributed by atoms with Gasteiger partial charge in [-0.15, -0.1) is 0 Å². The molecular formula is C36H45N7O3. The number of hydrazone groups is 1. The van der Waals surface area contributed by atoms with Crippen LogP contribution < -0.4 is 22.2 Å². The van der Waals surface area contributed by atoms with Gasteiger partial charge in [0.1, 0.15) is 5.71 Å². The normalized spacial score (nSPS) is 14.4. The van der Waals surface area contributed by atoms with E-state index in [1.54, 1.807) is 6.20 Å². The monoisotopic (exact) mass is 623 g/mol. The van der Waals surface area contributed by atoms with Crippen LogP contribution in [0.5, 0.6) is 0 Å². The molecule has 7 N–H and O–H groups in total. The van der Waals surface area contributed by atoms with Crippen LogP contribution in [0.25, 0.3) is 10.8 Å². The molecule has 0 radical (unpaired) electrons. The van der Waals surface area contributed by atoms with E-state index in [-0.39, 0.29) is 29.9 Å². The number of Topliss-reactive ketones (excluding diaryl/α,β-unsaturated/α-hetero) is 1. The molecule has 0 spiro atoms. The lowest BCUT2D eigenvalue weighted by molar-refractivity contribution is -0.125. The molecule has 0 saturated carbocycles. The van der Waals surface area contributed by atoms with Crippen molar-refractivity contribution in [1.29, 1.82) is 0 Å². The van der Waals surface area contributed by atoms with Crippen molar-refractivity contribution in [3.8, 4) is 0 Å². The number of amides is 3. The Morgan fingerprint density at radius 1 is 0.935 bits per heavy atom. The van der Waals surface area contributed by atoms with E-state index in [4.69, 9.17) is 11.5 Å². The van der Waals surface area contributed by atoms with Gasteiger partial charge in [-0.05, 0) is 59.4 Å². The maximum Gasteiger partial charge on any atom is 0.332 e. The van der Waals surface area contributed by atoms with Crippen molar-refractivity contribution in [1.82, 2.24) is 20.7 Å². The maximum absolute atomic E-state index is 14.4. The standard InChI is InChI=1S/C36H45N7O3/c1-4-24(25-11-6-5-7-12-25)18-28(19-27-15-10-14-26-13-8-9-16-30(26)27)35(45)41-32(17-23(2)3)33(42-43-36(38)46)34(44)31(37)20-29-21-39-22-40-29/h5-16,21-24,28,31-32H,4,17-20,37H2,1-3H3,(H,39,40)(H,41,45)(H3,38,43,46)/t24?,28?,31-,32-/m0/s1. The zero-order chi connectivity index (χ0) is 33.1. The minimum Gasteiger partial charge on any atom is -0.350 e. The molecule has 0 saturated heterocycles. The highest BCUT2D eigenvalue weighted by Crippen LogP contribution is 2.31. The van der Waals surface area contributed by atoms with Gasteiger partial charge < -0.3 is 21.8 Å². The van der Waals surface area contributed by atoms with Crippen molar-refractivity contribution < 1.29 is 14.4 Å². The second-order valence-electron chi connectivity index (χ2n) is 12.2. The number of ketones is 1. The minimum atomic E-state index is -0.991. The number of nitrogens with zero attached hydrogens (tertiary/aromatic N) is 2. The Labute approximate surface area is 270 Å². The first-order valence-corrected chi connectivity index (χ1v) is 15.9. The molecule has 0 aliphatic heterocycles. The van der Waals surface area contributed by atoms with Crippen molar-refractivity contribution in [2.24, 2.45) is 28.4 Å². The third-order valence-electron chi connectivity index (χ3n) is 8.27. The second kappa shape index (κ2) is 16.5. The fourth-order valence-electron chi connectivity index (χ4n) is 5.96. The fourth-order valence-corrected chi connectivity index (χ4v) is 5.96. The van der Waals surface area contributed by atoms with Crippen LogP contribution in [-0.2, 0) is 22.4 Å². The summed E-state index contributed by atoms with van der Waals surface area (Å²) in [5, 5.41) is 9.48. The van der Waals surface area contributed by atoms with Crippen LogP contribution in [0, 0.1) is 11.8 Å². The molecule has 1 aromatic heterocycles.